The third-order valence-corrected chi connectivity index (χ3v) is 2.40. The van der Waals surface area contributed by atoms with Gasteiger partial charge in [-0.1, -0.05) is 11.6 Å². The minimum Gasteiger partial charge on any atom is -0.507 e. The van der Waals surface area contributed by atoms with Crippen molar-refractivity contribution in [1.82, 2.24) is 4.98 Å². The van der Waals surface area contributed by atoms with Crippen LogP contribution in [0.15, 0.2) is 36.5 Å². The molecule has 1 heterocycles. The van der Waals surface area contributed by atoms with Gasteiger partial charge in [0.2, 0.25) is 0 Å². The number of amides is 1. The maximum Gasteiger partial charge on any atom is 0.260 e. The van der Waals surface area contributed by atoms with E-state index in [1.165, 1.54) is 12.3 Å². The number of carbonyl (C=O) groups excluding carboxylic acids is 1. The van der Waals surface area contributed by atoms with E-state index in [0.29, 0.717) is 5.02 Å². The SMILES string of the molecule is O=C(Nc1cc(Cl)ccn1)c1cc(F)ccc1O. The highest BCUT2D eigenvalue weighted by Gasteiger charge is 2.13. The van der Waals surface area contributed by atoms with Crippen LogP contribution in [0.25, 0.3) is 0 Å². The molecule has 18 heavy (non-hydrogen) atoms. The molecule has 0 saturated carbocycles. The van der Waals surface area contributed by atoms with Gasteiger partial charge in [0.1, 0.15) is 17.4 Å². The van der Waals surface area contributed by atoms with Gasteiger partial charge in [0, 0.05) is 11.2 Å². The number of anilines is 1. The van der Waals surface area contributed by atoms with Crippen molar-refractivity contribution in [1.29, 1.82) is 0 Å². The predicted molar refractivity (Wildman–Crippen MR) is 65.3 cm³/mol. The van der Waals surface area contributed by atoms with Gasteiger partial charge in [0.25, 0.3) is 5.91 Å². The maximum atomic E-state index is 13.0. The Labute approximate surface area is 107 Å². The van der Waals surface area contributed by atoms with Crippen LogP contribution >= 0.6 is 11.6 Å². The Hall–Kier alpha value is -2.14. The number of hydrogen-bond donors (Lipinski definition) is 2. The number of phenols is 1. The Kier molecular flexibility index (Phi) is 3.43. The highest BCUT2D eigenvalue weighted by molar-refractivity contribution is 6.30. The average Bonchev–Trinajstić information content (AvgIpc) is 2.32. The minimum absolute atomic E-state index is 0.170. The van der Waals surface area contributed by atoms with Gasteiger partial charge in [0.15, 0.2) is 0 Å². The number of phenolic OH excluding ortho intramolecular Hbond substituents is 1. The van der Waals surface area contributed by atoms with Crippen LogP contribution in [-0.4, -0.2) is 16.0 Å². The van der Waals surface area contributed by atoms with Crippen LogP contribution in [0.4, 0.5) is 10.2 Å². The second kappa shape index (κ2) is 5.01. The number of rotatable bonds is 2. The number of pyridine rings is 1. The Bertz CT molecular complexity index is 604. The van der Waals surface area contributed by atoms with Crippen molar-refractivity contribution < 1.29 is 14.3 Å². The van der Waals surface area contributed by atoms with Gasteiger partial charge in [-0.25, -0.2) is 9.37 Å². The van der Waals surface area contributed by atoms with Crippen molar-refractivity contribution in [3.8, 4) is 5.75 Å². The van der Waals surface area contributed by atoms with Gasteiger partial charge < -0.3 is 10.4 Å². The number of carbonyl (C=O) groups is 1. The molecule has 0 atom stereocenters. The molecule has 1 amide bonds. The molecule has 0 aliphatic rings. The molecule has 0 fully saturated rings. The fourth-order valence-corrected chi connectivity index (χ4v) is 1.51. The second-order valence-electron chi connectivity index (χ2n) is 3.47. The van der Waals surface area contributed by atoms with Gasteiger partial charge in [-0.2, -0.15) is 0 Å². The third kappa shape index (κ3) is 2.75. The molecule has 2 rings (SSSR count). The lowest BCUT2D eigenvalue weighted by Crippen LogP contribution is -2.13. The molecule has 2 aromatic rings. The molecule has 0 bridgehead atoms. The molecule has 6 heteroatoms. The van der Waals surface area contributed by atoms with E-state index < -0.39 is 11.7 Å². The summed E-state index contributed by atoms with van der Waals surface area (Å²) in [7, 11) is 0. The highest BCUT2D eigenvalue weighted by Crippen LogP contribution is 2.19. The highest BCUT2D eigenvalue weighted by atomic mass is 35.5. The summed E-state index contributed by atoms with van der Waals surface area (Å²) < 4.78 is 13.0. The van der Waals surface area contributed by atoms with Crippen molar-refractivity contribution in [2.75, 3.05) is 5.32 Å². The number of nitrogens with zero attached hydrogens (tertiary/aromatic N) is 1. The molecular formula is C12H8ClFN2O2. The Morgan fingerprint density at radius 3 is 2.83 bits per heavy atom. The largest absolute Gasteiger partial charge is 0.507 e. The maximum absolute atomic E-state index is 13.0. The Morgan fingerprint density at radius 1 is 1.33 bits per heavy atom. The zero-order valence-corrected chi connectivity index (χ0v) is 9.78. The summed E-state index contributed by atoms with van der Waals surface area (Å²) in [5.41, 5.74) is -0.170. The van der Waals surface area contributed by atoms with Crippen molar-refractivity contribution in [3.05, 3.63) is 52.9 Å². The average molecular weight is 267 g/mol. The summed E-state index contributed by atoms with van der Waals surface area (Å²) in [4.78, 5) is 15.6. The minimum atomic E-state index is -0.665. The number of aromatic hydroxyl groups is 1. The molecule has 0 aliphatic heterocycles. The van der Waals surface area contributed by atoms with E-state index in [-0.39, 0.29) is 17.1 Å². The summed E-state index contributed by atoms with van der Waals surface area (Å²) in [6.45, 7) is 0. The molecule has 0 radical (unpaired) electrons. The first-order valence-corrected chi connectivity index (χ1v) is 5.35. The summed E-state index contributed by atoms with van der Waals surface area (Å²) in [6, 6.07) is 6.10. The standard InChI is InChI=1S/C12H8ClFN2O2/c13-7-3-4-15-11(5-7)16-12(18)9-6-8(14)1-2-10(9)17/h1-6,17H,(H,15,16,18). The molecule has 0 spiro atoms. The number of nitrogens with one attached hydrogen (secondary N) is 1. The lowest BCUT2D eigenvalue weighted by molar-refractivity contribution is 0.102. The van der Waals surface area contributed by atoms with Crippen molar-refractivity contribution in [2.45, 2.75) is 0 Å². The first kappa shape index (κ1) is 12.3. The van der Waals surface area contributed by atoms with Gasteiger partial charge in [-0.3, -0.25) is 4.79 Å². The molecule has 4 nitrogen and oxygen atoms in total. The number of aromatic nitrogens is 1. The molecule has 0 saturated heterocycles. The van der Waals surface area contributed by atoms with E-state index in [2.05, 4.69) is 10.3 Å². The molecular weight excluding hydrogens is 259 g/mol. The third-order valence-electron chi connectivity index (χ3n) is 2.17. The molecule has 0 aliphatic carbocycles. The second-order valence-corrected chi connectivity index (χ2v) is 3.91. The van der Waals surface area contributed by atoms with Crippen LogP contribution in [0.5, 0.6) is 5.75 Å². The summed E-state index contributed by atoms with van der Waals surface area (Å²) in [5.74, 6) is -1.37. The van der Waals surface area contributed by atoms with Gasteiger partial charge >= 0.3 is 0 Å². The normalized spacial score (nSPS) is 10.1. The summed E-state index contributed by atoms with van der Waals surface area (Å²) in [5, 5.41) is 12.3. The van der Waals surface area contributed by atoms with Gasteiger partial charge in [-0.15, -0.1) is 0 Å². The monoisotopic (exact) mass is 266 g/mol. The fraction of sp³-hybridized carbons (Fsp3) is 0. The predicted octanol–water partition coefficient (Wildman–Crippen LogP) is 2.83. The number of hydrogen-bond acceptors (Lipinski definition) is 3. The lowest BCUT2D eigenvalue weighted by atomic mass is 10.2. The van der Waals surface area contributed by atoms with E-state index in [9.17, 15) is 14.3 Å². The van der Waals surface area contributed by atoms with Gasteiger partial charge in [0.05, 0.1) is 5.56 Å². The molecule has 1 aromatic carbocycles. The molecule has 2 N–H and O–H groups in total. The lowest BCUT2D eigenvalue weighted by Gasteiger charge is -2.06. The first-order valence-electron chi connectivity index (χ1n) is 4.97. The summed E-state index contributed by atoms with van der Waals surface area (Å²) in [6.07, 6.45) is 1.42. The van der Waals surface area contributed by atoms with Crippen molar-refractivity contribution >= 4 is 23.3 Å². The zero-order chi connectivity index (χ0) is 13.1. The van der Waals surface area contributed by atoms with Crippen LogP contribution in [0.2, 0.25) is 5.02 Å². The molecule has 92 valence electrons. The van der Waals surface area contributed by atoms with Crippen LogP contribution in [0.3, 0.4) is 0 Å². The van der Waals surface area contributed by atoms with Gasteiger partial charge in [-0.05, 0) is 30.3 Å². The smallest absolute Gasteiger partial charge is 0.260 e. The van der Waals surface area contributed by atoms with E-state index in [1.54, 1.807) is 6.07 Å². The zero-order valence-electron chi connectivity index (χ0n) is 9.02. The van der Waals surface area contributed by atoms with Crippen LogP contribution in [0, 0.1) is 5.82 Å². The van der Waals surface area contributed by atoms with Crippen molar-refractivity contribution in [2.24, 2.45) is 0 Å². The summed E-state index contributed by atoms with van der Waals surface area (Å²) >= 11 is 5.73. The van der Waals surface area contributed by atoms with E-state index >= 15 is 0 Å². The van der Waals surface area contributed by atoms with Crippen LogP contribution in [0.1, 0.15) is 10.4 Å². The Balaban J connectivity index is 2.24. The Morgan fingerprint density at radius 2 is 2.11 bits per heavy atom. The molecule has 1 aromatic heterocycles. The molecule has 0 unspecified atom stereocenters. The van der Waals surface area contributed by atoms with E-state index in [4.69, 9.17) is 11.6 Å². The van der Waals surface area contributed by atoms with E-state index in [1.807, 2.05) is 0 Å². The first-order chi connectivity index (χ1) is 8.56. The number of halogens is 2. The van der Waals surface area contributed by atoms with Crippen LogP contribution in [-0.2, 0) is 0 Å². The topological polar surface area (TPSA) is 62.2 Å². The van der Waals surface area contributed by atoms with Crippen LogP contribution < -0.4 is 5.32 Å². The van der Waals surface area contributed by atoms with Crippen molar-refractivity contribution in [3.63, 3.8) is 0 Å². The quantitative estimate of drug-likeness (QED) is 0.879. The number of benzene rings is 1. The fourth-order valence-electron chi connectivity index (χ4n) is 1.35. The van der Waals surface area contributed by atoms with E-state index in [0.717, 1.165) is 18.2 Å².